The Morgan fingerprint density at radius 2 is 1.78 bits per heavy atom. The minimum absolute atomic E-state index is 0.0240. The Morgan fingerprint density at radius 1 is 1.04 bits per heavy atom. The normalized spacial score (nSPS) is 11.4. The minimum Gasteiger partial charge on any atom is -0.491 e. The van der Waals surface area contributed by atoms with E-state index >= 15 is 0 Å². The van der Waals surface area contributed by atoms with Crippen molar-refractivity contribution in [1.82, 2.24) is 0 Å². The molecular formula is C20H14N2O5. The first kappa shape index (κ1) is 18.0. The van der Waals surface area contributed by atoms with Gasteiger partial charge in [-0.3, -0.25) is 4.79 Å². The van der Waals surface area contributed by atoms with E-state index in [0.29, 0.717) is 11.3 Å². The lowest BCUT2D eigenvalue weighted by Crippen LogP contribution is -2.25. The zero-order valence-electron chi connectivity index (χ0n) is 14.1. The lowest BCUT2D eigenvalue weighted by molar-refractivity contribution is 0.0631. The van der Waals surface area contributed by atoms with Gasteiger partial charge in [0.15, 0.2) is 5.43 Å². The van der Waals surface area contributed by atoms with Gasteiger partial charge in [-0.05, 0) is 36.4 Å². The van der Waals surface area contributed by atoms with E-state index in [-0.39, 0.29) is 35.7 Å². The highest BCUT2D eigenvalue weighted by molar-refractivity contribution is 5.83. The molecule has 1 atom stereocenters. The number of hydrogen-bond acceptors (Lipinski definition) is 7. The predicted octanol–water partition coefficient (Wildman–Crippen LogP) is 2.36. The van der Waals surface area contributed by atoms with Crippen LogP contribution >= 0.6 is 0 Å². The van der Waals surface area contributed by atoms with Gasteiger partial charge < -0.3 is 19.0 Å². The van der Waals surface area contributed by atoms with Crippen molar-refractivity contribution < 1.29 is 19.0 Å². The molecule has 0 saturated heterocycles. The topological polar surface area (TPSA) is 116 Å². The van der Waals surface area contributed by atoms with E-state index in [1.165, 1.54) is 0 Å². The Balaban J connectivity index is 1.65. The summed E-state index contributed by atoms with van der Waals surface area (Å²) in [5, 5.41) is 27.9. The summed E-state index contributed by atoms with van der Waals surface area (Å²) in [6, 6.07) is 16.2. The van der Waals surface area contributed by atoms with Gasteiger partial charge in [0, 0.05) is 6.07 Å². The maximum Gasteiger partial charge on any atom is 0.207 e. The highest BCUT2D eigenvalue weighted by Crippen LogP contribution is 2.23. The largest absolute Gasteiger partial charge is 0.491 e. The van der Waals surface area contributed by atoms with Gasteiger partial charge in [0.1, 0.15) is 47.9 Å². The molecule has 7 heteroatoms. The summed E-state index contributed by atoms with van der Waals surface area (Å²) >= 11 is 0. The van der Waals surface area contributed by atoms with Crippen LogP contribution in [0.2, 0.25) is 0 Å². The van der Waals surface area contributed by atoms with Crippen molar-refractivity contribution in [3.8, 4) is 23.6 Å². The molecule has 1 heterocycles. The van der Waals surface area contributed by atoms with Gasteiger partial charge in [-0.15, -0.1) is 0 Å². The summed E-state index contributed by atoms with van der Waals surface area (Å²) in [5.74, 6) is 0.687. The fraction of sp³-hybridized carbons (Fsp3) is 0.150. The fourth-order valence-corrected chi connectivity index (χ4v) is 2.41. The molecule has 0 spiro atoms. The van der Waals surface area contributed by atoms with E-state index in [1.54, 1.807) is 48.5 Å². The quantitative estimate of drug-likeness (QED) is 0.715. The molecule has 0 radical (unpaired) electrons. The van der Waals surface area contributed by atoms with Crippen molar-refractivity contribution in [2.75, 3.05) is 13.2 Å². The smallest absolute Gasteiger partial charge is 0.207 e. The third kappa shape index (κ3) is 4.24. The zero-order chi connectivity index (χ0) is 19.2. The lowest BCUT2D eigenvalue weighted by Gasteiger charge is -2.14. The van der Waals surface area contributed by atoms with Crippen LogP contribution < -0.4 is 14.9 Å². The van der Waals surface area contributed by atoms with Crippen molar-refractivity contribution in [3.63, 3.8) is 0 Å². The lowest BCUT2D eigenvalue weighted by atomic mass is 10.2. The molecular weight excluding hydrogens is 348 g/mol. The molecule has 3 rings (SSSR count). The summed E-state index contributed by atoms with van der Waals surface area (Å²) in [6.07, 6.45) is -0.943. The highest BCUT2D eigenvalue weighted by atomic mass is 16.5. The Hall–Kier alpha value is -3.81. The summed E-state index contributed by atoms with van der Waals surface area (Å²) in [4.78, 5) is 12.2. The van der Waals surface area contributed by atoms with Gasteiger partial charge in [-0.25, -0.2) is 0 Å². The van der Waals surface area contributed by atoms with Crippen LogP contribution in [0.5, 0.6) is 11.5 Å². The number of rotatable bonds is 6. The van der Waals surface area contributed by atoms with E-state index in [4.69, 9.17) is 24.4 Å². The van der Waals surface area contributed by atoms with Crippen LogP contribution in [0.25, 0.3) is 11.0 Å². The first-order valence-electron chi connectivity index (χ1n) is 8.01. The molecule has 3 aromatic rings. The molecule has 0 saturated carbocycles. The van der Waals surface area contributed by atoms with Crippen LogP contribution in [0.1, 0.15) is 11.3 Å². The molecule has 0 aliphatic carbocycles. The highest BCUT2D eigenvalue weighted by Gasteiger charge is 2.13. The minimum atomic E-state index is -0.943. The molecule has 0 fully saturated rings. The molecule has 1 aromatic heterocycles. The fourth-order valence-electron chi connectivity index (χ4n) is 2.41. The molecule has 27 heavy (non-hydrogen) atoms. The van der Waals surface area contributed by atoms with E-state index in [0.717, 1.165) is 6.07 Å². The molecule has 0 aliphatic heterocycles. The number of aliphatic hydroxyl groups is 1. The molecule has 134 valence electrons. The standard InChI is InChI=1S/C20H14N2O5/c21-9-13-4-6-15(7-5-13)25-11-14(23)12-26-18-2-1-3-19-20(18)17(24)8-16(10-22)27-19/h1-8,14,23H,11-12H2. The van der Waals surface area contributed by atoms with Crippen molar-refractivity contribution in [1.29, 1.82) is 10.5 Å². The van der Waals surface area contributed by atoms with Crippen molar-refractivity contribution >= 4 is 11.0 Å². The van der Waals surface area contributed by atoms with Gasteiger partial charge in [0.25, 0.3) is 0 Å². The maximum atomic E-state index is 12.2. The molecule has 2 aromatic carbocycles. The van der Waals surface area contributed by atoms with Crippen LogP contribution in [0.15, 0.2) is 57.7 Å². The number of fused-ring (bicyclic) bond motifs is 1. The number of aliphatic hydroxyl groups excluding tert-OH is 1. The SMILES string of the molecule is N#Cc1ccc(OCC(O)COc2cccc3oc(C#N)cc(=O)c23)cc1. The molecule has 0 bridgehead atoms. The average Bonchev–Trinajstić information content (AvgIpc) is 2.70. The number of benzene rings is 2. The second-order valence-corrected chi connectivity index (χ2v) is 5.63. The number of ether oxygens (including phenoxy) is 2. The molecule has 1 unspecified atom stereocenters. The van der Waals surface area contributed by atoms with Gasteiger partial charge >= 0.3 is 0 Å². The maximum absolute atomic E-state index is 12.2. The van der Waals surface area contributed by atoms with Crippen LogP contribution in [-0.2, 0) is 0 Å². The van der Waals surface area contributed by atoms with E-state index in [9.17, 15) is 9.90 Å². The van der Waals surface area contributed by atoms with Crippen molar-refractivity contribution in [2.45, 2.75) is 6.10 Å². The van der Waals surface area contributed by atoms with Gasteiger partial charge in [-0.1, -0.05) is 6.07 Å². The second kappa shape index (κ2) is 8.05. The summed E-state index contributed by atoms with van der Waals surface area (Å²) in [6.45, 7) is -0.126. The Kier molecular flexibility index (Phi) is 5.36. The van der Waals surface area contributed by atoms with E-state index < -0.39 is 11.5 Å². The van der Waals surface area contributed by atoms with Crippen molar-refractivity contribution in [2.24, 2.45) is 0 Å². The summed E-state index contributed by atoms with van der Waals surface area (Å²) in [7, 11) is 0. The second-order valence-electron chi connectivity index (χ2n) is 5.63. The predicted molar refractivity (Wildman–Crippen MR) is 95.4 cm³/mol. The van der Waals surface area contributed by atoms with Crippen LogP contribution in [0, 0.1) is 22.7 Å². The number of hydrogen-bond donors (Lipinski definition) is 1. The van der Waals surface area contributed by atoms with E-state index in [2.05, 4.69) is 0 Å². The molecule has 0 amide bonds. The van der Waals surface area contributed by atoms with Crippen LogP contribution in [0.3, 0.4) is 0 Å². The molecule has 1 N–H and O–H groups in total. The van der Waals surface area contributed by atoms with Gasteiger partial charge in [-0.2, -0.15) is 10.5 Å². The third-order valence-corrected chi connectivity index (χ3v) is 3.68. The monoisotopic (exact) mass is 362 g/mol. The number of nitrogens with zero attached hydrogens (tertiary/aromatic N) is 2. The number of nitriles is 2. The Morgan fingerprint density at radius 3 is 2.48 bits per heavy atom. The summed E-state index contributed by atoms with van der Waals surface area (Å²) in [5.41, 5.74) is 0.354. The molecule has 0 aliphatic rings. The van der Waals surface area contributed by atoms with Crippen LogP contribution in [-0.4, -0.2) is 24.4 Å². The Labute approximate surface area is 154 Å². The first-order valence-corrected chi connectivity index (χ1v) is 8.01. The van der Waals surface area contributed by atoms with Gasteiger partial charge in [0.05, 0.1) is 11.6 Å². The Bertz CT molecular complexity index is 1090. The third-order valence-electron chi connectivity index (χ3n) is 3.68. The van der Waals surface area contributed by atoms with Gasteiger partial charge in [0.2, 0.25) is 5.76 Å². The average molecular weight is 362 g/mol. The van der Waals surface area contributed by atoms with E-state index in [1.807, 2.05) is 6.07 Å². The van der Waals surface area contributed by atoms with Crippen molar-refractivity contribution in [3.05, 3.63) is 70.1 Å². The van der Waals surface area contributed by atoms with Crippen LogP contribution in [0.4, 0.5) is 0 Å². The summed E-state index contributed by atoms with van der Waals surface area (Å²) < 4.78 is 16.3. The molecule has 7 nitrogen and oxygen atoms in total. The first-order chi connectivity index (χ1) is 13.1. The zero-order valence-corrected chi connectivity index (χ0v) is 14.1.